The van der Waals surface area contributed by atoms with E-state index in [-0.39, 0.29) is 16.8 Å². The summed E-state index contributed by atoms with van der Waals surface area (Å²) in [6, 6.07) is 0.966. The molecule has 5 heteroatoms. The number of halogens is 4. The lowest BCUT2D eigenvalue weighted by Gasteiger charge is -2.17. The summed E-state index contributed by atoms with van der Waals surface area (Å²) < 4.78 is 51.5. The molecule has 0 saturated heterocycles. The summed E-state index contributed by atoms with van der Waals surface area (Å²) >= 11 is 0. The molecule has 0 unspecified atom stereocenters. The van der Waals surface area contributed by atoms with Crippen LogP contribution in [0.15, 0.2) is 12.6 Å². The maximum atomic E-state index is 13.3. The van der Waals surface area contributed by atoms with Gasteiger partial charge < -0.3 is 5.73 Å². The fourth-order valence-corrected chi connectivity index (χ4v) is 1.52. The van der Waals surface area contributed by atoms with Crippen LogP contribution in [0.3, 0.4) is 0 Å². The van der Waals surface area contributed by atoms with E-state index >= 15 is 0 Å². The van der Waals surface area contributed by atoms with Crippen LogP contribution >= 0.6 is 0 Å². The van der Waals surface area contributed by atoms with E-state index in [0.717, 1.165) is 13.0 Å². The summed E-state index contributed by atoms with van der Waals surface area (Å²) in [5, 5.41) is 0. The van der Waals surface area contributed by atoms with Gasteiger partial charge in [-0.2, -0.15) is 13.2 Å². The highest BCUT2D eigenvalue weighted by Crippen LogP contribution is 2.39. The lowest BCUT2D eigenvalue weighted by Crippen LogP contribution is -2.13. The Morgan fingerprint density at radius 1 is 1.38 bits per heavy atom. The molecule has 0 aliphatic rings. The summed E-state index contributed by atoms with van der Waals surface area (Å²) in [6.45, 7) is 5.91. The molecule has 0 atom stereocenters. The minimum Gasteiger partial charge on any atom is -0.396 e. The number of nitrogens with two attached hydrogens (primary N) is 1. The average Bonchev–Trinajstić information content (AvgIpc) is 2.10. The van der Waals surface area contributed by atoms with Crippen molar-refractivity contribution in [1.29, 1.82) is 0 Å². The molecule has 0 aliphatic carbocycles. The number of nitrogen functional groups attached to an aromatic ring is 1. The molecule has 0 heterocycles. The molecule has 1 rings (SSSR count). The Kier molecular flexibility index (Phi) is 2.99. The van der Waals surface area contributed by atoms with Crippen molar-refractivity contribution in [3.63, 3.8) is 0 Å². The highest BCUT2D eigenvalue weighted by atomic mass is 19.4. The quantitative estimate of drug-likeness (QED) is 0.580. The number of hydrogen-bond acceptors (Lipinski definition) is 1. The zero-order valence-corrected chi connectivity index (χ0v) is 8.87. The normalized spacial score (nSPS) is 11.6. The molecule has 0 radical (unpaired) electrons. The van der Waals surface area contributed by atoms with Gasteiger partial charge >= 0.3 is 6.18 Å². The van der Waals surface area contributed by atoms with Gasteiger partial charge in [0.1, 0.15) is 5.82 Å². The molecular formula is C11H11F4N. The molecule has 0 bridgehead atoms. The smallest absolute Gasteiger partial charge is 0.396 e. The van der Waals surface area contributed by atoms with Gasteiger partial charge in [-0.15, -0.1) is 0 Å². The molecule has 0 saturated carbocycles. The van der Waals surface area contributed by atoms with Crippen molar-refractivity contribution in [1.82, 2.24) is 0 Å². The second-order valence-corrected chi connectivity index (χ2v) is 3.61. The molecule has 1 aromatic rings. The first-order chi connectivity index (χ1) is 7.16. The number of hydrogen-bond donors (Lipinski definition) is 1. The first-order valence-corrected chi connectivity index (χ1v) is 4.48. The topological polar surface area (TPSA) is 26.0 Å². The van der Waals surface area contributed by atoms with Crippen molar-refractivity contribution in [2.75, 3.05) is 5.73 Å². The van der Waals surface area contributed by atoms with E-state index in [1.165, 1.54) is 6.92 Å². The van der Waals surface area contributed by atoms with Crippen LogP contribution in [0, 0.1) is 12.7 Å². The molecule has 1 aromatic carbocycles. The van der Waals surface area contributed by atoms with E-state index in [4.69, 9.17) is 5.73 Å². The van der Waals surface area contributed by atoms with Gasteiger partial charge in [0.2, 0.25) is 0 Å². The van der Waals surface area contributed by atoms with Crippen LogP contribution in [0.1, 0.15) is 23.6 Å². The van der Waals surface area contributed by atoms with Gasteiger partial charge in [-0.1, -0.05) is 12.2 Å². The highest BCUT2D eigenvalue weighted by Gasteiger charge is 2.37. The molecule has 1 nitrogen and oxygen atoms in total. The Labute approximate surface area is 90.6 Å². The van der Waals surface area contributed by atoms with E-state index in [1.54, 1.807) is 0 Å². The minimum absolute atomic E-state index is 0.163. The van der Waals surface area contributed by atoms with Gasteiger partial charge in [-0.3, -0.25) is 0 Å². The molecule has 0 amide bonds. The van der Waals surface area contributed by atoms with E-state index in [1.807, 2.05) is 0 Å². The SMILES string of the molecule is C=C(C)c1cc(N)c(F)c(C)c1C(F)(F)F. The first kappa shape index (κ1) is 12.5. The van der Waals surface area contributed by atoms with E-state index in [0.29, 0.717) is 0 Å². The summed E-state index contributed by atoms with van der Waals surface area (Å²) in [5.41, 5.74) is 3.52. The van der Waals surface area contributed by atoms with Gasteiger partial charge in [0.05, 0.1) is 11.3 Å². The fraction of sp³-hybridized carbons (Fsp3) is 0.273. The standard InChI is InChI=1S/C11H11F4N/c1-5(2)7-4-8(16)10(12)6(3)9(7)11(13,14)15/h4H,1,16H2,2-3H3. The van der Waals surface area contributed by atoms with Crippen LogP contribution < -0.4 is 5.73 Å². The Morgan fingerprint density at radius 3 is 2.25 bits per heavy atom. The maximum Gasteiger partial charge on any atom is 0.417 e. The number of alkyl halides is 3. The number of allylic oxidation sites excluding steroid dienone is 1. The van der Waals surface area contributed by atoms with E-state index in [9.17, 15) is 17.6 Å². The van der Waals surface area contributed by atoms with Gasteiger partial charge in [0, 0.05) is 0 Å². The van der Waals surface area contributed by atoms with Crippen LogP contribution in [-0.2, 0) is 6.18 Å². The van der Waals surface area contributed by atoms with Crippen molar-refractivity contribution in [2.24, 2.45) is 0 Å². The number of benzene rings is 1. The molecule has 2 N–H and O–H groups in total. The third kappa shape index (κ3) is 2.03. The molecule has 16 heavy (non-hydrogen) atoms. The zero-order chi connectivity index (χ0) is 12.7. The first-order valence-electron chi connectivity index (χ1n) is 4.48. The Hall–Kier alpha value is -1.52. The van der Waals surface area contributed by atoms with Crippen molar-refractivity contribution in [3.8, 4) is 0 Å². The van der Waals surface area contributed by atoms with Crippen LogP contribution in [0.2, 0.25) is 0 Å². The largest absolute Gasteiger partial charge is 0.417 e. The zero-order valence-electron chi connectivity index (χ0n) is 8.87. The van der Waals surface area contributed by atoms with Crippen LogP contribution in [-0.4, -0.2) is 0 Å². The van der Waals surface area contributed by atoms with Crippen molar-refractivity contribution >= 4 is 11.3 Å². The predicted molar refractivity (Wildman–Crippen MR) is 55.3 cm³/mol. The van der Waals surface area contributed by atoms with Crippen LogP contribution in [0.25, 0.3) is 5.57 Å². The van der Waals surface area contributed by atoms with Gasteiger partial charge in [-0.25, -0.2) is 4.39 Å². The monoisotopic (exact) mass is 233 g/mol. The second kappa shape index (κ2) is 3.81. The van der Waals surface area contributed by atoms with Crippen molar-refractivity contribution < 1.29 is 17.6 Å². The van der Waals surface area contributed by atoms with Crippen LogP contribution in [0.5, 0.6) is 0 Å². The molecule has 88 valence electrons. The third-order valence-corrected chi connectivity index (χ3v) is 2.27. The van der Waals surface area contributed by atoms with E-state index < -0.39 is 23.1 Å². The van der Waals surface area contributed by atoms with Gasteiger partial charge in [0.15, 0.2) is 0 Å². The lowest BCUT2D eigenvalue weighted by atomic mass is 9.95. The fourth-order valence-electron chi connectivity index (χ4n) is 1.52. The molecule has 0 aromatic heterocycles. The summed E-state index contributed by atoms with van der Waals surface area (Å²) in [4.78, 5) is 0. The van der Waals surface area contributed by atoms with Crippen molar-refractivity contribution in [3.05, 3.63) is 35.2 Å². The molecule has 0 spiro atoms. The number of anilines is 1. The van der Waals surface area contributed by atoms with Gasteiger partial charge in [0.25, 0.3) is 0 Å². The molecule has 0 aliphatic heterocycles. The summed E-state index contributed by atoms with van der Waals surface area (Å²) in [6.07, 6.45) is -4.62. The average molecular weight is 233 g/mol. The lowest BCUT2D eigenvalue weighted by molar-refractivity contribution is -0.138. The van der Waals surface area contributed by atoms with E-state index in [2.05, 4.69) is 6.58 Å². The molecular weight excluding hydrogens is 222 g/mol. The Morgan fingerprint density at radius 2 is 1.88 bits per heavy atom. The third-order valence-electron chi connectivity index (χ3n) is 2.27. The minimum atomic E-state index is -4.62. The Balaban J connectivity index is 3.68. The Bertz CT molecular complexity index is 446. The molecule has 0 fully saturated rings. The summed E-state index contributed by atoms with van der Waals surface area (Å²) in [5.74, 6) is -1.03. The van der Waals surface area contributed by atoms with Gasteiger partial charge in [-0.05, 0) is 31.0 Å². The van der Waals surface area contributed by atoms with Crippen molar-refractivity contribution in [2.45, 2.75) is 20.0 Å². The second-order valence-electron chi connectivity index (χ2n) is 3.61. The number of rotatable bonds is 1. The summed E-state index contributed by atoms with van der Waals surface area (Å²) in [7, 11) is 0. The highest BCUT2D eigenvalue weighted by molar-refractivity contribution is 5.70. The maximum absolute atomic E-state index is 13.3. The van der Waals surface area contributed by atoms with Crippen LogP contribution in [0.4, 0.5) is 23.2 Å². The predicted octanol–water partition coefficient (Wildman–Crippen LogP) is 3.77.